The standard InChI is InChI=1S/C11H17N5O/c1-9(17)15-4-6-16(7-5-15)11-13-3-2-10(8-12)14-11/h2-3H,4-8,12H2,1H3. The van der Waals surface area contributed by atoms with Crippen LogP contribution in [0.1, 0.15) is 12.6 Å². The molecule has 1 amide bonds. The molecule has 1 aliphatic heterocycles. The predicted molar refractivity (Wildman–Crippen MR) is 64.4 cm³/mol. The molecule has 92 valence electrons. The second kappa shape index (κ2) is 5.09. The third-order valence-corrected chi connectivity index (χ3v) is 2.92. The van der Waals surface area contributed by atoms with Gasteiger partial charge in [-0.25, -0.2) is 9.97 Å². The number of carbonyl (C=O) groups excluding carboxylic acids is 1. The lowest BCUT2D eigenvalue weighted by Gasteiger charge is -2.34. The molecular weight excluding hydrogens is 218 g/mol. The summed E-state index contributed by atoms with van der Waals surface area (Å²) in [6, 6.07) is 1.81. The second-order valence-electron chi connectivity index (χ2n) is 4.05. The molecule has 0 unspecified atom stereocenters. The van der Waals surface area contributed by atoms with E-state index in [1.54, 1.807) is 13.1 Å². The number of anilines is 1. The maximum atomic E-state index is 11.2. The molecule has 1 aromatic rings. The van der Waals surface area contributed by atoms with Gasteiger partial charge in [-0.05, 0) is 6.07 Å². The molecule has 1 fully saturated rings. The van der Waals surface area contributed by atoms with E-state index in [1.807, 2.05) is 11.0 Å². The Morgan fingerprint density at radius 1 is 1.41 bits per heavy atom. The molecule has 0 radical (unpaired) electrons. The number of hydrogen-bond acceptors (Lipinski definition) is 5. The van der Waals surface area contributed by atoms with Crippen molar-refractivity contribution in [1.29, 1.82) is 0 Å². The van der Waals surface area contributed by atoms with E-state index in [2.05, 4.69) is 14.9 Å². The van der Waals surface area contributed by atoms with Crippen molar-refractivity contribution in [3.63, 3.8) is 0 Å². The molecule has 0 atom stereocenters. The van der Waals surface area contributed by atoms with Gasteiger partial charge in [-0.3, -0.25) is 4.79 Å². The summed E-state index contributed by atoms with van der Waals surface area (Å²) in [5.74, 6) is 0.831. The van der Waals surface area contributed by atoms with Gasteiger partial charge in [0.15, 0.2) is 0 Å². The number of nitrogens with zero attached hydrogens (tertiary/aromatic N) is 4. The summed E-state index contributed by atoms with van der Waals surface area (Å²) in [5.41, 5.74) is 6.39. The van der Waals surface area contributed by atoms with Crippen molar-refractivity contribution in [2.75, 3.05) is 31.1 Å². The molecule has 2 rings (SSSR count). The fraction of sp³-hybridized carbons (Fsp3) is 0.545. The average Bonchev–Trinajstić information content (AvgIpc) is 2.39. The van der Waals surface area contributed by atoms with E-state index in [9.17, 15) is 4.79 Å². The molecule has 1 aromatic heterocycles. The summed E-state index contributed by atoms with van der Waals surface area (Å²) < 4.78 is 0. The number of piperazine rings is 1. The Morgan fingerprint density at radius 3 is 2.71 bits per heavy atom. The van der Waals surface area contributed by atoms with E-state index in [1.165, 1.54) is 0 Å². The maximum absolute atomic E-state index is 11.2. The maximum Gasteiger partial charge on any atom is 0.225 e. The zero-order valence-corrected chi connectivity index (χ0v) is 9.96. The van der Waals surface area contributed by atoms with Crippen molar-refractivity contribution < 1.29 is 4.79 Å². The van der Waals surface area contributed by atoms with Crippen molar-refractivity contribution in [3.05, 3.63) is 18.0 Å². The van der Waals surface area contributed by atoms with E-state index in [-0.39, 0.29) is 5.91 Å². The number of rotatable bonds is 2. The predicted octanol–water partition coefficient (Wildman–Crippen LogP) is -0.396. The van der Waals surface area contributed by atoms with Gasteiger partial charge in [0.2, 0.25) is 11.9 Å². The van der Waals surface area contributed by atoms with Crippen LogP contribution in [-0.4, -0.2) is 47.0 Å². The van der Waals surface area contributed by atoms with E-state index >= 15 is 0 Å². The van der Waals surface area contributed by atoms with E-state index in [0.29, 0.717) is 12.5 Å². The highest BCUT2D eigenvalue weighted by molar-refractivity contribution is 5.73. The number of amides is 1. The lowest BCUT2D eigenvalue weighted by molar-refractivity contribution is -0.129. The summed E-state index contributed by atoms with van der Waals surface area (Å²) >= 11 is 0. The summed E-state index contributed by atoms with van der Waals surface area (Å²) in [6.45, 7) is 5.02. The van der Waals surface area contributed by atoms with Crippen LogP contribution in [0.25, 0.3) is 0 Å². The summed E-state index contributed by atoms with van der Waals surface area (Å²) in [6.07, 6.45) is 1.72. The van der Waals surface area contributed by atoms with E-state index < -0.39 is 0 Å². The van der Waals surface area contributed by atoms with Crippen molar-refractivity contribution in [1.82, 2.24) is 14.9 Å². The van der Waals surface area contributed by atoms with Crippen LogP contribution in [0, 0.1) is 0 Å². The SMILES string of the molecule is CC(=O)N1CCN(c2nccc(CN)n2)CC1. The fourth-order valence-corrected chi connectivity index (χ4v) is 1.87. The van der Waals surface area contributed by atoms with Crippen LogP contribution < -0.4 is 10.6 Å². The van der Waals surface area contributed by atoms with Crippen molar-refractivity contribution in [3.8, 4) is 0 Å². The zero-order chi connectivity index (χ0) is 12.3. The topological polar surface area (TPSA) is 75.4 Å². The van der Waals surface area contributed by atoms with Crippen molar-refractivity contribution in [2.45, 2.75) is 13.5 Å². The van der Waals surface area contributed by atoms with Crippen LogP contribution >= 0.6 is 0 Å². The van der Waals surface area contributed by atoms with Crippen LogP contribution in [0.4, 0.5) is 5.95 Å². The van der Waals surface area contributed by atoms with Gasteiger partial charge in [0, 0.05) is 45.8 Å². The molecule has 0 bridgehead atoms. The fourth-order valence-electron chi connectivity index (χ4n) is 1.87. The third kappa shape index (κ3) is 2.71. The molecule has 0 saturated carbocycles. The first-order chi connectivity index (χ1) is 8.20. The molecule has 2 heterocycles. The third-order valence-electron chi connectivity index (χ3n) is 2.92. The Hall–Kier alpha value is -1.69. The normalized spacial score (nSPS) is 16.1. The highest BCUT2D eigenvalue weighted by atomic mass is 16.2. The van der Waals surface area contributed by atoms with Crippen LogP contribution in [-0.2, 0) is 11.3 Å². The van der Waals surface area contributed by atoms with Gasteiger partial charge in [-0.15, -0.1) is 0 Å². The first-order valence-corrected chi connectivity index (χ1v) is 5.73. The summed E-state index contributed by atoms with van der Waals surface area (Å²) in [7, 11) is 0. The largest absolute Gasteiger partial charge is 0.339 e. The minimum atomic E-state index is 0.126. The van der Waals surface area contributed by atoms with E-state index in [4.69, 9.17) is 5.73 Å². The van der Waals surface area contributed by atoms with Gasteiger partial charge in [-0.1, -0.05) is 0 Å². The minimum Gasteiger partial charge on any atom is -0.339 e. The van der Waals surface area contributed by atoms with Crippen LogP contribution in [0.5, 0.6) is 0 Å². The van der Waals surface area contributed by atoms with Gasteiger partial charge in [0.05, 0.1) is 5.69 Å². The Labute approximate surface area is 100 Å². The van der Waals surface area contributed by atoms with Gasteiger partial charge in [-0.2, -0.15) is 0 Å². The monoisotopic (exact) mass is 235 g/mol. The molecule has 1 saturated heterocycles. The van der Waals surface area contributed by atoms with Crippen LogP contribution in [0.15, 0.2) is 12.3 Å². The first-order valence-electron chi connectivity index (χ1n) is 5.73. The number of carbonyl (C=O) groups is 1. The highest BCUT2D eigenvalue weighted by Gasteiger charge is 2.20. The second-order valence-corrected chi connectivity index (χ2v) is 4.05. The van der Waals surface area contributed by atoms with Gasteiger partial charge >= 0.3 is 0 Å². The quantitative estimate of drug-likeness (QED) is 0.755. The summed E-state index contributed by atoms with van der Waals surface area (Å²) in [5, 5.41) is 0. The molecule has 0 spiro atoms. The van der Waals surface area contributed by atoms with Crippen LogP contribution in [0.3, 0.4) is 0 Å². The molecule has 0 aliphatic carbocycles. The number of nitrogens with two attached hydrogens (primary N) is 1. The number of hydrogen-bond donors (Lipinski definition) is 1. The smallest absolute Gasteiger partial charge is 0.225 e. The van der Waals surface area contributed by atoms with Crippen LogP contribution in [0.2, 0.25) is 0 Å². The first kappa shape index (κ1) is 11.8. The average molecular weight is 235 g/mol. The van der Waals surface area contributed by atoms with Gasteiger partial charge in [0.1, 0.15) is 0 Å². The van der Waals surface area contributed by atoms with E-state index in [0.717, 1.165) is 31.9 Å². The number of aromatic nitrogens is 2. The zero-order valence-electron chi connectivity index (χ0n) is 9.96. The lowest BCUT2D eigenvalue weighted by Crippen LogP contribution is -2.48. The molecular formula is C11H17N5O. The highest BCUT2D eigenvalue weighted by Crippen LogP contribution is 2.11. The minimum absolute atomic E-state index is 0.126. The molecule has 6 heteroatoms. The Balaban J connectivity index is 2.02. The van der Waals surface area contributed by atoms with Crippen molar-refractivity contribution >= 4 is 11.9 Å². The Kier molecular flexibility index (Phi) is 3.53. The van der Waals surface area contributed by atoms with Gasteiger partial charge < -0.3 is 15.5 Å². The molecule has 17 heavy (non-hydrogen) atoms. The molecule has 6 nitrogen and oxygen atoms in total. The van der Waals surface area contributed by atoms with Crippen molar-refractivity contribution in [2.24, 2.45) is 5.73 Å². The summed E-state index contributed by atoms with van der Waals surface area (Å²) in [4.78, 5) is 23.7. The molecule has 1 aliphatic rings. The Morgan fingerprint density at radius 2 is 2.12 bits per heavy atom. The molecule has 0 aromatic carbocycles. The van der Waals surface area contributed by atoms with Gasteiger partial charge in [0.25, 0.3) is 0 Å². The molecule has 2 N–H and O–H groups in total. The Bertz CT molecular complexity index is 401. The lowest BCUT2D eigenvalue weighted by atomic mass is 10.3.